The fourth-order valence-electron chi connectivity index (χ4n) is 3.18. The second-order valence-corrected chi connectivity index (χ2v) is 6.78. The summed E-state index contributed by atoms with van der Waals surface area (Å²) < 4.78 is 3.52. The summed E-state index contributed by atoms with van der Waals surface area (Å²) in [4.78, 5) is 14.8. The molecule has 1 atom stereocenters. The third-order valence-corrected chi connectivity index (χ3v) is 4.99. The number of aryl methyl sites for hydroxylation is 3. The highest BCUT2D eigenvalue weighted by Crippen LogP contribution is 2.22. The molecular weight excluding hydrogens is 328 g/mol. The lowest BCUT2D eigenvalue weighted by Crippen LogP contribution is -2.48. The van der Waals surface area contributed by atoms with E-state index in [1.807, 2.05) is 25.6 Å². The molecule has 0 spiro atoms. The largest absolute Gasteiger partial charge is 0.355 e. The van der Waals surface area contributed by atoms with Gasteiger partial charge in [-0.25, -0.2) is 0 Å². The molecule has 8 heteroatoms. The monoisotopic (exact) mass is 350 g/mol. The number of nitrogens with zero attached hydrogens (tertiary/aromatic N) is 5. The number of amides is 1. The molecule has 0 aromatic carbocycles. The van der Waals surface area contributed by atoms with Crippen LogP contribution in [0.2, 0.25) is 5.02 Å². The molecule has 0 unspecified atom stereocenters. The predicted molar refractivity (Wildman–Crippen MR) is 93.6 cm³/mol. The average Bonchev–Trinajstić information content (AvgIpc) is 3.01. The van der Waals surface area contributed by atoms with E-state index in [4.69, 9.17) is 11.6 Å². The molecule has 1 amide bonds. The Labute approximate surface area is 146 Å². The molecule has 0 aliphatic carbocycles. The lowest BCUT2D eigenvalue weighted by atomic mass is 10.1. The van der Waals surface area contributed by atoms with Crippen LogP contribution in [-0.2, 0) is 14.1 Å². The Kier molecular flexibility index (Phi) is 4.54. The molecule has 1 fully saturated rings. The van der Waals surface area contributed by atoms with Gasteiger partial charge in [0.2, 0.25) is 0 Å². The maximum absolute atomic E-state index is 12.5. The molecule has 0 bridgehead atoms. The van der Waals surface area contributed by atoms with Crippen LogP contribution in [0.25, 0.3) is 0 Å². The van der Waals surface area contributed by atoms with Gasteiger partial charge < -0.3 is 10.2 Å². The van der Waals surface area contributed by atoms with E-state index in [-0.39, 0.29) is 11.9 Å². The van der Waals surface area contributed by atoms with Gasteiger partial charge in [0, 0.05) is 39.3 Å². The maximum Gasteiger partial charge on any atom is 0.273 e. The van der Waals surface area contributed by atoms with Crippen molar-refractivity contribution in [1.82, 2.24) is 24.9 Å². The number of piperidine rings is 1. The molecular formula is C16H23ClN6O. The minimum atomic E-state index is -0.211. The van der Waals surface area contributed by atoms with Crippen molar-refractivity contribution in [3.05, 3.63) is 28.2 Å². The van der Waals surface area contributed by atoms with Crippen LogP contribution in [-0.4, -0.2) is 44.6 Å². The lowest BCUT2D eigenvalue weighted by molar-refractivity contribution is 0.0927. The number of carbonyl (C=O) groups is 1. The van der Waals surface area contributed by atoms with Gasteiger partial charge in [0.25, 0.3) is 5.91 Å². The van der Waals surface area contributed by atoms with Crippen LogP contribution in [0.3, 0.4) is 0 Å². The van der Waals surface area contributed by atoms with E-state index in [2.05, 4.69) is 26.5 Å². The number of hydrogen-bond acceptors (Lipinski definition) is 4. The summed E-state index contributed by atoms with van der Waals surface area (Å²) in [5.41, 5.74) is 2.08. The Morgan fingerprint density at radius 3 is 2.62 bits per heavy atom. The average molecular weight is 351 g/mol. The van der Waals surface area contributed by atoms with Gasteiger partial charge in [-0.1, -0.05) is 11.6 Å². The molecule has 1 aliphatic rings. The van der Waals surface area contributed by atoms with Crippen LogP contribution in [0, 0.1) is 13.8 Å². The van der Waals surface area contributed by atoms with E-state index in [1.165, 1.54) is 0 Å². The molecule has 0 radical (unpaired) electrons. The third-order valence-electron chi connectivity index (χ3n) is 4.53. The van der Waals surface area contributed by atoms with Crippen LogP contribution in [0.4, 0.5) is 5.82 Å². The summed E-state index contributed by atoms with van der Waals surface area (Å²) >= 11 is 6.21. The standard InChI is InChI=1S/C16H23ClN6O/c1-10-8-13(22(4)19-10)23-7-5-6-12(9-23)18-16(24)15-14(17)11(2)21(3)20-15/h8,12H,5-7,9H2,1-4H3,(H,18,24)/t12-/m0/s1. The summed E-state index contributed by atoms with van der Waals surface area (Å²) in [7, 11) is 3.73. The van der Waals surface area contributed by atoms with Crippen molar-refractivity contribution in [2.45, 2.75) is 32.7 Å². The van der Waals surface area contributed by atoms with Crippen molar-refractivity contribution < 1.29 is 4.79 Å². The normalized spacial score (nSPS) is 18.0. The van der Waals surface area contributed by atoms with E-state index in [1.54, 1.807) is 11.7 Å². The van der Waals surface area contributed by atoms with Crippen molar-refractivity contribution in [3.63, 3.8) is 0 Å². The topological polar surface area (TPSA) is 68.0 Å². The minimum absolute atomic E-state index is 0.0693. The van der Waals surface area contributed by atoms with Gasteiger partial charge in [0.15, 0.2) is 5.69 Å². The number of aromatic nitrogens is 4. The highest BCUT2D eigenvalue weighted by Gasteiger charge is 2.26. The maximum atomic E-state index is 12.5. The molecule has 1 aliphatic heterocycles. The number of carbonyl (C=O) groups excluding carboxylic acids is 1. The first-order chi connectivity index (χ1) is 11.4. The van der Waals surface area contributed by atoms with Crippen LogP contribution in [0.1, 0.15) is 34.7 Å². The van der Waals surface area contributed by atoms with Crippen molar-refractivity contribution in [2.75, 3.05) is 18.0 Å². The van der Waals surface area contributed by atoms with Crippen molar-refractivity contribution in [2.24, 2.45) is 14.1 Å². The van der Waals surface area contributed by atoms with E-state index in [0.29, 0.717) is 10.7 Å². The van der Waals surface area contributed by atoms with Crippen molar-refractivity contribution in [3.8, 4) is 0 Å². The van der Waals surface area contributed by atoms with Gasteiger partial charge in [0.05, 0.1) is 16.4 Å². The number of nitrogens with one attached hydrogen (secondary N) is 1. The Morgan fingerprint density at radius 1 is 1.29 bits per heavy atom. The number of rotatable bonds is 3. The highest BCUT2D eigenvalue weighted by atomic mass is 35.5. The highest BCUT2D eigenvalue weighted by molar-refractivity contribution is 6.34. The zero-order chi connectivity index (χ0) is 17.4. The van der Waals surface area contributed by atoms with Crippen LogP contribution in [0.5, 0.6) is 0 Å². The number of hydrogen-bond donors (Lipinski definition) is 1. The SMILES string of the molecule is Cc1cc(N2CCC[C@H](NC(=O)c3nn(C)c(C)c3Cl)C2)n(C)n1. The van der Waals surface area contributed by atoms with Crippen molar-refractivity contribution in [1.29, 1.82) is 0 Å². The Bertz CT molecular complexity index is 765. The molecule has 2 aromatic rings. The number of anilines is 1. The van der Waals surface area contributed by atoms with E-state index in [0.717, 1.165) is 43.1 Å². The summed E-state index contributed by atoms with van der Waals surface area (Å²) in [6, 6.07) is 2.14. The molecule has 24 heavy (non-hydrogen) atoms. The molecule has 7 nitrogen and oxygen atoms in total. The van der Waals surface area contributed by atoms with E-state index >= 15 is 0 Å². The van der Waals surface area contributed by atoms with Crippen molar-refractivity contribution >= 4 is 23.3 Å². The third kappa shape index (κ3) is 3.13. The lowest BCUT2D eigenvalue weighted by Gasteiger charge is -2.34. The fraction of sp³-hybridized carbons (Fsp3) is 0.562. The molecule has 3 heterocycles. The Hall–Kier alpha value is -2.02. The summed E-state index contributed by atoms with van der Waals surface area (Å²) in [6.07, 6.45) is 1.96. The quantitative estimate of drug-likeness (QED) is 0.917. The molecule has 1 N–H and O–H groups in total. The molecule has 1 saturated heterocycles. The van der Waals surface area contributed by atoms with Crippen LogP contribution >= 0.6 is 11.6 Å². The first-order valence-electron chi connectivity index (χ1n) is 8.12. The predicted octanol–water partition coefficient (Wildman–Crippen LogP) is 1.82. The second-order valence-electron chi connectivity index (χ2n) is 6.40. The summed E-state index contributed by atoms with van der Waals surface area (Å²) in [5, 5.41) is 12.1. The smallest absolute Gasteiger partial charge is 0.273 e. The van der Waals surface area contributed by atoms with Gasteiger partial charge in [-0.3, -0.25) is 14.2 Å². The van der Waals surface area contributed by atoms with Gasteiger partial charge in [0.1, 0.15) is 5.82 Å². The molecule has 2 aromatic heterocycles. The Morgan fingerprint density at radius 2 is 2.04 bits per heavy atom. The fourth-order valence-corrected chi connectivity index (χ4v) is 3.42. The zero-order valence-electron chi connectivity index (χ0n) is 14.5. The second kappa shape index (κ2) is 6.47. The molecule has 3 rings (SSSR count). The Balaban J connectivity index is 1.70. The molecule has 0 saturated carbocycles. The van der Waals surface area contributed by atoms with Crippen LogP contribution < -0.4 is 10.2 Å². The van der Waals surface area contributed by atoms with E-state index in [9.17, 15) is 4.79 Å². The first kappa shape index (κ1) is 16.8. The summed E-state index contributed by atoms with van der Waals surface area (Å²) in [5.74, 6) is 0.870. The first-order valence-corrected chi connectivity index (χ1v) is 8.50. The van der Waals surface area contributed by atoms with Gasteiger partial charge in [-0.15, -0.1) is 0 Å². The minimum Gasteiger partial charge on any atom is -0.355 e. The zero-order valence-corrected chi connectivity index (χ0v) is 15.3. The van der Waals surface area contributed by atoms with Crippen LogP contribution in [0.15, 0.2) is 6.07 Å². The van der Waals surface area contributed by atoms with Gasteiger partial charge in [-0.2, -0.15) is 10.2 Å². The van der Waals surface area contributed by atoms with E-state index < -0.39 is 0 Å². The number of halogens is 1. The van der Waals surface area contributed by atoms with Gasteiger partial charge >= 0.3 is 0 Å². The van der Waals surface area contributed by atoms with Gasteiger partial charge in [-0.05, 0) is 26.7 Å². The summed E-state index contributed by atoms with van der Waals surface area (Å²) in [6.45, 7) is 5.56. The molecule has 130 valence electrons.